The van der Waals surface area contributed by atoms with Crippen LogP contribution in [0.25, 0.3) is 11.2 Å². The first-order valence-electron chi connectivity index (χ1n) is 5.24. The van der Waals surface area contributed by atoms with Gasteiger partial charge in [0.05, 0.1) is 12.4 Å². The molecule has 0 saturated heterocycles. The number of fused-ring (bicyclic) bond motifs is 1. The van der Waals surface area contributed by atoms with Gasteiger partial charge in [0, 0.05) is 14.1 Å². The fraction of sp³-hybridized carbons (Fsp3) is 0.364. The predicted molar refractivity (Wildman–Crippen MR) is 65.1 cm³/mol. The Morgan fingerprint density at radius 3 is 2.59 bits per heavy atom. The van der Waals surface area contributed by atoms with Crippen LogP contribution in [0.15, 0.2) is 28.6 Å². The molecule has 0 bridgehead atoms. The van der Waals surface area contributed by atoms with E-state index in [1.54, 1.807) is 24.0 Å². The zero-order chi connectivity index (χ0) is 12.7. The Labute approximate surface area is 97.4 Å². The van der Waals surface area contributed by atoms with Crippen LogP contribution in [0.5, 0.6) is 0 Å². The molecule has 2 aromatic rings. The molecule has 2 rings (SSSR count). The molecule has 1 unspecified atom stereocenters. The molecular weight excluding hydrogens is 220 g/mol. The largest absolute Gasteiger partial charge is 0.332 e. The van der Waals surface area contributed by atoms with Crippen molar-refractivity contribution in [2.24, 2.45) is 14.1 Å². The summed E-state index contributed by atoms with van der Waals surface area (Å²) in [5, 5.41) is 0. The number of hydrogen-bond acceptors (Lipinski definition) is 3. The first kappa shape index (κ1) is 11.4. The maximum atomic E-state index is 12.1. The molecule has 0 N–H and O–H groups in total. The number of aryl methyl sites for hydroxylation is 1. The van der Waals surface area contributed by atoms with Crippen molar-refractivity contribution in [3.8, 4) is 0 Å². The summed E-state index contributed by atoms with van der Waals surface area (Å²) >= 11 is 0. The summed E-state index contributed by atoms with van der Waals surface area (Å²) in [6, 6.07) is -0.0507. The number of imidazole rings is 1. The summed E-state index contributed by atoms with van der Waals surface area (Å²) in [5.41, 5.74) is 0.0992. The van der Waals surface area contributed by atoms with Crippen molar-refractivity contribution in [1.82, 2.24) is 18.7 Å². The van der Waals surface area contributed by atoms with E-state index in [0.717, 1.165) is 4.57 Å². The van der Waals surface area contributed by atoms with E-state index in [4.69, 9.17) is 0 Å². The lowest BCUT2D eigenvalue weighted by atomic mass is 10.3. The standard InChI is InChI=1S/C11H14N4O2/c1-5-7(2)15-6-12-9-8(15)10(16)14(4)11(17)13(9)3/h5-7H,1H2,2-4H3. The zero-order valence-corrected chi connectivity index (χ0v) is 10.0. The highest BCUT2D eigenvalue weighted by atomic mass is 16.2. The molecule has 0 aliphatic carbocycles. The lowest BCUT2D eigenvalue weighted by molar-refractivity contribution is 0.664. The molecule has 0 aromatic carbocycles. The maximum Gasteiger partial charge on any atom is 0.332 e. The third kappa shape index (κ3) is 1.44. The summed E-state index contributed by atoms with van der Waals surface area (Å²) in [4.78, 5) is 27.9. The van der Waals surface area contributed by atoms with Gasteiger partial charge in [0.2, 0.25) is 0 Å². The van der Waals surface area contributed by atoms with Crippen molar-refractivity contribution in [3.05, 3.63) is 39.8 Å². The van der Waals surface area contributed by atoms with Crippen molar-refractivity contribution in [2.45, 2.75) is 13.0 Å². The molecule has 6 nitrogen and oxygen atoms in total. The van der Waals surface area contributed by atoms with Crippen molar-refractivity contribution >= 4 is 11.2 Å². The number of aromatic nitrogens is 4. The summed E-state index contributed by atoms with van der Waals surface area (Å²) < 4.78 is 4.16. The number of nitrogens with zero attached hydrogens (tertiary/aromatic N) is 4. The smallest absolute Gasteiger partial charge is 0.318 e. The van der Waals surface area contributed by atoms with Gasteiger partial charge in [-0.3, -0.25) is 13.9 Å². The molecule has 0 aliphatic heterocycles. The van der Waals surface area contributed by atoms with Gasteiger partial charge in [-0.15, -0.1) is 6.58 Å². The first-order valence-corrected chi connectivity index (χ1v) is 5.24. The van der Waals surface area contributed by atoms with Crippen molar-refractivity contribution in [3.63, 3.8) is 0 Å². The minimum absolute atomic E-state index is 0.0507. The topological polar surface area (TPSA) is 61.8 Å². The van der Waals surface area contributed by atoms with Crippen LogP contribution in [0.2, 0.25) is 0 Å². The van der Waals surface area contributed by atoms with Gasteiger partial charge in [0.25, 0.3) is 5.56 Å². The molecule has 0 spiro atoms. The van der Waals surface area contributed by atoms with Gasteiger partial charge in [-0.05, 0) is 6.92 Å². The Kier molecular flexibility index (Phi) is 2.49. The molecule has 0 saturated carbocycles. The van der Waals surface area contributed by atoms with Crippen LogP contribution in [0.4, 0.5) is 0 Å². The van der Waals surface area contributed by atoms with Gasteiger partial charge >= 0.3 is 5.69 Å². The van der Waals surface area contributed by atoms with E-state index in [1.165, 1.54) is 11.6 Å². The monoisotopic (exact) mass is 234 g/mol. The number of hydrogen-bond donors (Lipinski definition) is 0. The molecule has 17 heavy (non-hydrogen) atoms. The van der Waals surface area contributed by atoms with E-state index >= 15 is 0 Å². The average molecular weight is 234 g/mol. The average Bonchev–Trinajstić information content (AvgIpc) is 2.77. The van der Waals surface area contributed by atoms with Crippen LogP contribution in [-0.4, -0.2) is 18.7 Å². The second kappa shape index (κ2) is 3.73. The van der Waals surface area contributed by atoms with Crippen molar-refractivity contribution in [1.29, 1.82) is 0 Å². The lowest BCUT2D eigenvalue weighted by Gasteiger charge is -2.09. The Balaban J connectivity index is 3.01. The molecule has 2 aromatic heterocycles. The second-order valence-electron chi connectivity index (χ2n) is 4.01. The highest BCUT2D eigenvalue weighted by molar-refractivity contribution is 5.70. The van der Waals surface area contributed by atoms with Crippen LogP contribution in [0.1, 0.15) is 13.0 Å². The van der Waals surface area contributed by atoms with Gasteiger partial charge in [0.1, 0.15) is 0 Å². The zero-order valence-electron chi connectivity index (χ0n) is 10.0. The van der Waals surface area contributed by atoms with Crippen LogP contribution in [0, 0.1) is 0 Å². The van der Waals surface area contributed by atoms with Gasteiger partial charge in [0.15, 0.2) is 11.2 Å². The van der Waals surface area contributed by atoms with Crippen LogP contribution in [0.3, 0.4) is 0 Å². The van der Waals surface area contributed by atoms with Gasteiger partial charge in [-0.25, -0.2) is 9.78 Å². The second-order valence-corrected chi connectivity index (χ2v) is 4.01. The van der Waals surface area contributed by atoms with Crippen LogP contribution >= 0.6 is 0 Å². The molecule has 0 radical (unpaired) electrons. The molecule has 1 atom stereocenters. The highest BCUT2D eigenvalue weighted by Gasteiger charge is 2.15. The van der Waals surface area contributed by atoms with E-state index < -0.39 is 0 Å². The molecule has 0 aliphatic rings. The lowest BCUT2D eigenvalue weighted by Crippen LogP contribution is -2.37. The quantitative estimate of drug-likeness (QED) is 0.696. The summed E-state index contributed by atoms with van der Waals surface area (Å²) in [6.07, 6.45) is 3.27. The third-order valence-corrected chi connectivity index (χ3v) is 2.95. The Bertz CT molecular complexity index is 705. The first-order chi connectivity index (χ1) is 7.99. The molecule has 0 fully saturated rings. The number of allylic oxidation sites excluding steroid dienone is 1. The Morgan fingerprint density at radius 2 is 2.00 bits per heavy atom. The fourth-order valence-corrected chi connectivity index (χ4v) is 1.79. The predicted octanol–water partition coefficient (Wildman–Crippen LogP) is 0.181. The van der Waals surface area contributed by atoms with Gasteiger partial charge in [-0.2, -0.15) is 0 Å². The number of rotatable bonds is 2. The van der Waals surface area contributed by atoms with E-state index in [1.807, 2.05) is 6.92 Å². The van der Waals surface area contributed by atoms with Crippen LogP contribution < -0.4 is 11.2 Å². The van der Waals surface area contributed by atoms with Crippen LogP contribution in [-0.2, 0) is 14.1 Å². The highest BCUT2D eigenvalue weighted by Crippen LogP contribution is 2.13. The third-order valence-electron chi connectivity index (χ3n) is 2.95. The normalized spacial score (nSPS) is 12.9. The summed E-state index contributed by atoms with van der Waals surface area (Å²) in [6.45, 7) is 5.59. The summed E-state index contributed by atoms with van der Waals surface area (Å²) in [7, 11) is 3.06. The minimum atomic E-state index is -0.376. The summed E-state index contributed by atoms with van der Waals surface area (Å²) in [5.74, 6) is 0. The molecule has 0 amide bonds. The van der Waals surface area contributed by atoms with Crippen molar-refractivity contribution < 1.29 is 0 Å². The van der Waals surface area contributed by atoms with E-state index in [0.29, 0.717) is 11.2 Å². The van der Waals surface area contributed by atoms with Gasteiger partial charge < -0.3 is 4.57 Å². The minimum Gasteiger partial charge on any atom is -0.318 e. The Hall–Kier alpha value is -2.11. The SMILES string of the molecule is C=CC(C)n1cnc2c1c(=O)n(C)c(=O)n2C. The van der Waals surface area contributed by atoms with E-state index in [-0.39, 0.29) is 17.3 Å². The van der Waals surface area contributed by atoms with Gasteiger partial charge in [-0.1, -0.05) is 6.08 Å². The molecular formula is C11H14N4O2. The van der Waals surface area contributed by atoms with E-state index in [2.05, 4.69) is 11.6 Å². The molecule has 2 heterocycles. The maximum absolute atomic E-state index is 12.1. The Morgan fingerprint density at radius 1 is 1.35 bits per heavy atom. The van der Waals surface area contributed by atoms with Crippen molar-refractivity contribution in [2.75, 3.05) is 0 Å². The fourth-order valence-electron chi connectivity index (χ4n) is 1.79. The molecule has 6 heteroatoms. The van der Waals surface area contributed by atoms with E-state index in [9.17, 15) is 9.59 Å². The molecule has 90 valence electrons.